The van der Waals surface area contributed by atoms with E-state index in [2.05, 4.69) is 26.3 Å². The molecule has 0 aliphatic rings. The van der Waals surface area contributed by atoms with Crippen molar-refractivity contribution in [3.8, 4) is 5.69 Å². The van der Waals surface area contributed by atoms with E-state index in [1.165, 1.54) is 12.1 Å². The second kappa shape index (κ2) is 9.04. The third-order valence-corrected chi connectivity index (χ3v) is 6.04. The van der Waals surface area contributed by atoms with Gasteiger partial charge in [-0.25, -0.2) is 18.2 Å². The Labute approximate surface area is 190 Å². The molecule has 0 saturated heterocycles. The molecule has 170 valence electrons. The lowest BCUT2D eigenvalue weighted by atomic mass is 10.0. The Morgan fingerprint density at radius 1 is 1.19 bits per heavy atom. The lowest BCUT2D eigenvalue weighted by Crippen LogP contribution is -2.18. The number of aromatic nitrogens is 2. The molecule has 0 bridgehead atoms. The van der Waals surface area contributed by atoms with E-state index in [0.29, 0.717) is 12.4 Å². The normalized spacial score (nSPS) is 12.1. The van der Waals surface area contributed by atoms with Crippen LogP contribution in [0.2, 0.25) is 0 Å². The lowest BCUT2D eigenvalue weighted by molar-refractivity contribution is -0.137. The number of benzene rings is 2. The number of carbonyl (C=O) groups is 1. The van der Waals surface area contributed by atoms with Gasteiger partial charge in [-0.1, -0.05) is 28.9 Å². The molecule has 12 heteroatoms. The van der Waals surface area contributed by atoms with Gasteiger partial charge >= 0.3 is 6.18 Å². The van der Waals surface area contributed by atoms with Crippen molar-refractivity contribution in [2.45, 2.75) is 30.8 Å². The number of nitrogens with zero attached hydrogens (tertiary/aromatic N) is 2. The summed E-state index contributed by atoms with van der Waals surface area (Å²) >= 11 is 3.37. The highest BCUT2D eigenvalue weighted by atomic mass is 79.9. The Hall–Kier alpha value is -2.70. The summed E-state index contributed by atoms with van der Waals surface area (Å²) in [4.78, 5) is 12.1. The van der Waals surface area contributed by atoms with Crippen LogP contribution >= 0.6 is 15.9 Å². The maximum Gasteiger partial charge on any atom is 0.419 e. The molecule has 0 aliphatic heterocycles. The summed E-state index contributed by atoms with van der Waals surface area (Å²) in [5.41, 5.74) is 0.693. The third kappa shape index (κ3) is 5.56. The lowest BCUT2D eigenvalue weighted by Gasteiger charge is -2.13. The molecule has 0 fully saturated rings. The van der Waals surface area contributed by atoms with Gasteiger partial charge in [-0.2, -0.15) is 18.3 Å². The van der Waals surface area contributed by atoms with Gasteiger partial charge < -0.3 is 5.32 Å². The van der Waals surface area contributed by atoms with Crippen LogP contribution in [0.1, 0.15) is 23.6 Å². The number of aryl methyl sites for hydroxylation is 1. The van der Waals surface area contributed by atoms with E-state index in [-0.39, 0.29) is 17.8 Å². The van der Waals surface area contributed by atoms with Gasteiger partial charge in [-0.15, -0.1) is 0 Å². The van der Waals surface area contributed by atoms with Gasteiger partial charge in [0.25, 0.3) is 0 Å². The van der Waals surface area contributed by atoms with Gasteiger partial charge in [0.05, 0.1) is 23.9 Å². The monoisotopic (exact) mass is 530 g/mol. The predicted octanol–water partition coefficient (Wildman–Crippen LogP) is 4.04. The molecule has 0 aliphatic carbocycles. The van der Waals surface area contributed by atoms with Crippen molar-refractivity contribution in [2.24, 2.45) is 5.14 Å². The molecule has 7 nitrogen and oxygen atoms in total. The number of nitrogens with two attached hydrogens (primary N) is 1. The van der Waals surface area contributed by atoms with Crippen LogP contribution in [-0.4, -0.2) is 24.1 Å². The van der Waals surface area contributed by atoms with Crippen molar-refractivity contribution < 1.29 is 26.4 Å². The second-order valence-electron chi connectivity index (χ2n) is 6.89. The van der Waals surface area contributed by atoms with Crippen LogP contribution in [0, 0.1) is 0 Å². The first-order chi connectivity index (χ1) is 14.9. The Morgan fingerprint density at radius 2 is 1.91 bits per heavy atom. The van der Waals surface area contributed by atoms with Gasteiger partial charge in [0.2, 0.25) is 15.9 Å². The minimum Gasteiger partial charge on any atom is -0.326 e. The predicted molar refractivity (Wildman–Crippen MR) is 116 cm³/mol. The quantitative estimate of drug-likeness (QED) is 0.501. The zero-order valence-electron chi connectivity index (χ0n) is 16.6. The van der Waals surface area contributed by atoms with Gasteiger partial charge in [-0.05, 0) is 47.9 Å². The number of carbonyl (C=O) groups excluding carboxylic acids is 1. The summed E-state index contributed by atoms with van der Waals surface area (Å²) in [6, 6.07) is 9.26. The summed E-state index contributed by atoms with van der Waals surface area (Å²) in [6.45, 7) is 1.96. The number of primary sulfonamides is 1. The smallest absolute Gasteiger partial charge is 0.326 e. The van der Waals surface area contributed by atoms with Crippen LogP contribution in [0.15, 0.2) is 58.2 Å². The third-order valence-electron chi connectivity index (χ3n) is 4.61. The number of anilines is 1. The highest BCUT2D eigenvalue weighted by molar-refractivity contribution is 9.10. The maximum absolute atomic E-state index is 12.9. The first kappa shape index (κ1) is 24.0. The minimum absolute atomic E-state index is 0.0448. The summed E-state index contributed by atoms with van der Waals surface area (Å²) in [5, 5.41) is 11.4. The van der Waals surface area contributed by atoms with Crippen LogP contribution in [0.3, 0.4) is 0 Å². The Morgan fingerprint density at radius 3 is 2.50 bits per heavy atom. The average Bonchev–Trinajstić information content (AvgIpc) is 3.18. The zero-order valence-corrected chi connectivity index (χ0v) is 19.1. The Bertz CT molecular complexity index is 1270. The molecule has 1 aromatic heterocycles. The minimum atomic E-state index is -4.64. The Kier molecular flexibility index (Phi) is 6.77. The molecule has 1 amide bonds. The number of alkyl halides is 3. The van der Waals surface area contributed by atoms with Gasteiger partial charge in [0.15, 0.2) is 0 Å². The van der Waals surface area contributed by atoms with Gasteiger partial charge in [0.1, 0.15) is 4.90 Å². The van der Waals surface area contributed by atoms with E-state index in [1.54, 1.807) is 0 Å². The van der Waals surface area contributed by atoms with Crippen molar-refractivity contribution in [3.63, 3.8) is 0 Å². The topological polar surface area (TPSA) is 107 Å². The highest BCUT2D eigenvalue weighted by Gasteiger charge is 2.32. The SMILES string of the molecule is CCc1ccc(Br)cc1CC(=O)Nc1ccc(-n2cc(C(F)(F)F)cn2)c(S(N)(=O)=O)c1. The summed E-state index contributed by atoms with van der Waals surface area (Å²) in [7, 11) is -4.34. The molecule has 0 saturated carbocycles. The van der Waals surface area contributed by atoms with Gasteiger partial charge in [-0.3, -0.25) is 4.79 Å². The molecular formula is C20H18BrF3N4O3S. The number of rotatable bonds is 6. The average molecular weight is 531 g/mol. The first-order valence-electron chi connectivity index (χ1n) is 9.24. The van der Waals surface area contributed by atoms with E-state index < -0.39 is 32.6 Å². The fourth-order valence-corrected chi connectivity index (χ4v) is 4.24. The molecule has 3 rings (SSSR count). The summed E-state index contributed by atoms with van der Waals surface area (Å²) in [6.07, 6.45) is -2.64. The van der Waals surface area contributed by atoms with Crippen LogP contribution in [-0.2, 0) is 33.8 Å². The number of sulfonamides is 1. The van der Waals surface area contributed by atoms with E-state index in [9.17, 15) is 26.4 Å². The number of hydrogen-bond donors (Lipinski definition) is 2. The van der Waals surface area contributed by atoms with E-state index in [4.69, 9.17) is 5.14 Å². The van der Waals surface area contributed by atoms with E-state index in [0.717, 1.165) is 32.8 Å². The van der Waals surface area contributed by atoms with Crippen molar-refractivity contribution in [1.29, 1.82) is 0 Å². The molecule has 3 N–H and O–H groups in total. The van der Waals surface area contributed by atoms with Crippen LogP contribution in [0.4, 0.5) is 18.9 Å². The standard InChI is InChI=1S/C20H18BrF3N4O3S/c1-2-12-3-4-15(21)7-13(12)8-19(29)27-16-5-6-17(18(9-16)32(25,30)31)28-11-14(10-26-28)20(22,23)24/h3-7,9-11H,2,8H2,1H3,(H,27,29)(H2,25,30,31). The zero-order chi connectivity index (χ0) is 23.7. The molecule has 2 aromatic carbocycles. The fourth-order valence-electron chi connectivity index (χ4n) is 3.09. The molecule has 1 heterocycles. The van der Waals surface area contributed by atoms with Crippen molar-refractivity contribution in [3.05, 3.63) is 70.0 Å². The van der Waals surface area contributed by atoms with Crippen molar-refractivity contribution >= 4 is 37.5 Å². The summed E-state index contributed by atoms with van der Waals surface area (Å²) in [5.74, 6) is -0.399. The van der Waals surface area contributed by atoms with E-state index in [1.807, 2.05) is 25.1 Å². The van der Waals surface area contributed by atoms with Gasteiger partial charge in [0, 0.05) is 16.4 Å². The molecule has 0 spiro atoms. The van der Waals surface area contributed by atoms with Crippen molar-refractivity contribution in [2.75, 3.05) is 5.32 Å². The number of amides is 1. The number of hydrogen-bond acceptors (Lipinski definition) is 4. The van der Waals surface area contributed by atoms with E-state index >= 15 is 0 Å². The largest absolute Gasteiger partial charge is 0.419 e. The van der Waals surface area contributed by atoms with Crippen LogP contribution in [0.5, 0.6) is 0 Å². The first-order valence-corrected chi connectivity index (χ1v) is 11.6. The Balaban J connectivity index is 1.90. The summed E-state index contributed by atoms with van der Waals surface area (Å²) < 4.78 is 64.3. The van der Waals surface area contributed by atoms with Crippen LogP contribution in [0.25, 0.3) is 5.69 Å². The van der Waals surface area contributed by atoms with Crippen molar-refractivity contribution in [1.82, 2.24) is 9.78 Å². The number of nitrogens with one attached hydrogen (secondary N) is 1. The maximum atomic E-state index is 12.9. The molecule has 32 heavy (non-hydrogen) atoms. The van der Waals surface area contributed by atoms with Crippen LogP contribution < -0.4 is 10.5 Å². The molecule has 0 atom stereocenters. The fraction of sp³-hybridized carbons (Fsp3) is 0.200. The second-order valence-corrected chi connectivity index (χ2v) is 9.34. The molecule has 0 unspecified atom stereocenters. The molecule has 0 radical (unpaired) electrons. The highest BCUT2D eigenvalue weighted by Crippen LogP contribution is 2.30. The number of halogens is 4. The molecule has 3 aromatic rings. The molecular weight excluding hydrogens is 513 g/mol.